The molecule has 4 heteroatoms. The van der Waals surface area contributed by atoms with E-state index in [1.165, 1.54) is 0 Å². The van der Waals surface area contributed by atoms with Crippen LogP contribution in [0.1, 0.15) is 17.2 Å². The summed E-state index contributed by atoms with van der Waals surface area (Å²) < 4.78 is 5.10. The number of rotatable bonds is 2. The number of aryl methyl sites for hydroxylation is 1. The minimum atomic E-state index is -0.472. The van der Waals surface area contributed by atoms with Gasteiger partial charge in [0, 0.05) is 0 Å². The van der Waals surface area contributed by atoms with E-state index in [0.29, 0.717) is 0 Å². The second kappa shape index (κ2) is 3.90. The van der Waals surface area contributed by atoms with Gasteiger partial charge in [0.15, 0.2) is 6.10 Å². The Morgan fingerprint density at radius 1 is 1.53 bits per heavy atom. The van der Waals surface area contributed by atoms with Crippen LogP contribution in [-0.2, 0) is 4.74 Å². The van der Waals surface area contributed by atoms with Gasteiger partial charge < -0.3 is 15.2 Å². The van der Waals surface area contributed by atoms with Gasteiger partial charge in [-0.1, -0.05) is 29.8 Å². The van der Waals surface area contributed by atoms with Crippen LogP contribution in [0.5, 0.6) is 0 Å². The molecule has 2 rings (SSSR count). The van der Waals surface area contributed by atoms with Gasteiger partial charge in [0.05, 0.1) is 12.6 Å². The summed E-state index contributed by atoms with van der Waals surface area (Å²) in [5, 5.41) is 11.7. The number of nitrogens with one attached hydrogen (secondary N) is 1. The summed E-state index contributed by atoms with van der Waals surface area (Å²) in [7, 11) is 0. The molecule has 0 bridgehead atoms. The van der Waals surface area contributed by atoms with Crippen LogP contribution in [0, 0.1) is 6.92 Å². The summed E-state index contributed by atoms with van der Waals surface area (Å²) in [6, 6.07) is 7.38. The van der Waals surface area contributed by atoms with Gasteiger partial charge in [0.2, 0.25) is 0 Å². The van der Waals surface area contributed by atoms with E-state index < -0.39 is 6.09 Å². The average Bonchev–Trinajstić information content (AvgIpc) is 2.59. The molecular weight excluding hydrogens is 194 g/mol. The van der Waals surface area contributed by atoms with Crippen LogP contribution in [0.2, 0.25) is 0 Å². The van der Waals surface area contributed by atoms with Gasteiger partial charge in [-0.2, -0.15) is 0 Å². The minimum Gasteiger partial charge on any atom is -0.439 e. The lowest BCUT2D eigenvalue weighted by Gasteiger charge is -2.15. The number of hydrogen-bond acceptors (Lipinski definition) is 3. The number of alkyl carbamates (subject to hydrolysis) is 1. The first kappa shape index (κ1) is 9.98. The Bertz CT molecular complexity index is 378. The van der Waals surface area contributed by atoms with Gasteiger partial charge in [-0.3, -0.25) is 0 Å². The largest absolute Gasteiger partial charge is 0.439 e. The lowest BCUT2D eigenvalue weighted by Crippen LogP contribution is -2.31. The predicted molar refractivity (Wildman–Crippen MR) is 54.4 cm³/mol. The van der Waals surface area contributed by atoms with Gasteiger partial charge >= 0.3 is 6.09 Å². The molecule has 1 aliphatic rings. The third-order valence-corrected chi connectivity index (χ3v) is 2.47. The van der Waals surface area contributed by atoms with Crippen LogP contribution in [-0.4, -0.2) is 23.8 Å². The number of carbonyl (C=O) groups is 1. The van der Waals surface area contributed by atoms with Crippen molar-refractivity contribution in [2.75, 3.05) is 6.61 Å². The number of aliphatic hydroxyl groups excluding tert-OH is 1. The molecule has 1 amide bonds. The zero-order chi connectivity index (χ0) is 10.8. The highest BCUT2D eigenvalue weighted by Crippen LogP contribution is 2.26. The summed E-state index contributed by atoms with van der Waals surface area (Å²) in [5.74, 6) is 0. The summed E-state index contributed by atoms with van der Waals surface area (Å²) in [5.41, 5.74) is 2.01. The Balaban J connectivity index is 2.26. The number of cyclic esters (lactones) is 1. The molecule has 15 heavy (non-hydrogen) atoms. The third-order valence-electron chi connectivity index (χ3n) is 2.47. The molecule has 0 aliphatic carbocycles. The second-order valence-corrected chi connectivity index (χ2v) is 3.67. The van der Waals surface area contributed by atoms with Crippen molar-refractivity contribution in [3.63, 3.8) is 0 Å². The monoisotopic (exact) mass is 207 g/mol. The van der Waals surface area contributed by atoms with Crippen LogP contribution >= 0.6 is 0 Å². The molecule has 1 aromatic rings. The van der Waals surface area contributed by atoms with Crippen LogP contribution in [0.4, 0.5) is 4.79 Å². The van der Waals surface area contributed by atoms with Gasteiger partial charge in [-0.25, -0.2) is 4.79 Å². The average molecular weight is 207 g/mol. The number of ether oxygens (including phenoxy) is 1. The number of benzene rings is 1. The van der Waals surface area contributed by atoms with E-state index in [4.69, 9.17) is 9.84 Å². The summed E-state index contributed by atoms with van der Waals surface area (Å²) in [6.07, 6.45) is -0.858. The van der Waals surface area contributed by atoms with Crippen LogP contribution < -0.4 is 5.32 Å². The maximum Gasteiger partial charge on any atom is 0.408 e. The van der Waals surface area contributed by atoms with Crippen molar-refractivity contribution >= 4 is 6.09 Å². The van der Waals surface area contributed by atoms with Gasteiger partial charge in [-0.05, 0) is 12.5 Å². The molecule has 1 saturated heterocycles. The Morgan fingerprint density at radius 3 is 3.00 bits per heavy atom. The number of aliphatic hydroxyl groups is 1. The first-order valence-corrected chi connectivity index (χ1v) is 4.85. The predicted octanol–water partition coefficient (Wildman–Crippen LogP) is 1.14. The molecule has 1 aromatic carbocycles. The Labute approximate surface area is 87.9 Å². The van der Waals surface area contributed by atoms with E-state index in [-0.39, 0.29) is 18.8 Å². The zero-order valence-electron chi connectivity index (χ0n) is 8.43. The maximum absolute atomic E-state index is 11.0. The summed E-state index contributed by atoms with van der Waals surface area (Å²) in [4.78, 5) is 11.0. The van der Waals surface area contributed by atoms with E-state index in [1.807, 2.05) is 31.2 Å². The van der Waals surface area contributed by atoms with E-state index in [1.54, 1.807) is 0 Å². The van der Waals surface area contributed by atoms with E-state index in [0.717, 1.165) is 11.1 Å². The van der Waals surface area contributed by atoms with Crippen molar-refractivity contribution in [1.29, 1.82) is 0 Å². The molecule has 0 spiro atoms. The van der Waals surface area contributed by atoms with Crippen molar-refractivity contribution < 1.29 is 14.6 Å². The Morgan fingerprint density at radius 2 is 2.33 bits per heavy atom. The number of amides is 1. The second-order valence-electron chi connectivity index (χ2n) is 3.67. The Kier molecular flexibility index (Phi) is 2.60. The molecule has 0 saturated carbocycles. The smallest absolute Gasteiger partial charge is 0.408 e. The fourth-order valence-electron chi connectivity index (χ4n) is 1.75. The fraction of sp³-hybridized carbons (Fsp3) is 0.364. The minimum absolute atomic E-state index is 0.121. The molecule has 2 unspecified atom stereocenters. The maximum atomic E-state index is 11.0. The summed E-state index contributed by atoms with van der Waals surface area (Å²) >= 11 is 0. The van der Waals surface area contributed by atoms with Crippen molar-refractivity contribution in [1.82, 2.24) is 5.32 Å². The standard InChI is InChI=1S/C11H13NO3/c1-7-3-2-4-8(5-7)10-9(6-13)12-11(14)15-10/h2-5,9-10,13H,6H2,1H3,(H,12,14). The van der Waals surface area contributed by atoms with E-state index in [9.17, 15) is 4.79 Å². The molecular formula is C11H13NO3. The van der Waals surface area contributed by atoms with Crippen molar-refractivity contribution in [3.05, 3.63) is 35.4 Å². The quantitative estimate of drug-likeness (QED) is 0.764. The molecule has 0 radical (unpaired) electrons. The molecule has 1 heterocycles. The molecule has 2 N–H and O–H groups in total. The SMILES string of the molecule is Cc1cccc(C2OC(=O)NC2CO)c1. The lowest BCUT2D eigenvalue weighted by molar-refractivity contribution is 0.119. The highest BCUT2D eigenvalue weighted by atomic mass is 16.6. The Hall–Kier alpha value is -1.55. The zero-order valence-corrected chi connectivity index (χ0v) is 8.43. The molecule has 80 valence electrons. The molecule has 0 aromatic heterocycles. The molecule has 2 atom stereocenters. The highest BCUT2D eigenvalue weighted by Gasteiger charge is 2.34. The first-order chi connectivity index (χ1) is 7.20. The van der Waals surface area contributed by atoms with Crippen molar-refractivity contribution in [2.24, 2.45) is 0 Å². The van der Waals surface area contributed by atoms with Gasteiger partial charge in [0.1, 0.15) is 0 Å². The van der Waals surface area contributed by atoms with E-state index in [2.05, 4.69) is 5.32 Å². The topological polar surface area (TPSA) is 58.6 Å². The number of hydrogen-bond donors (Lipinski definition) is 2. The van der Waals surface area contributed by atoms with E-state index >= 15 is 0 Å². The highest BCUT2D eigenvalue weighted by molar-refractivity contribution is 5.70. The normalized spacial score (nSPS) is 24.8. The van der Waals surface area contributed by atoms with Crippen molar-refractivity contribution in [3.8, 4) is 0 Å². The van der Waals surface area contributed by atoms with Crippen LogP contribution in [0.15, 0.2) is 24.3 Å². The fourth-order valence-corrected chi connectivity index (χ4v) is 1.75. The number of carbonyl (C=O) groups excluding carboxylic acids is 1. The van der Waals surface area contributed by atoms with Gasteiger partial charge in [0.25, 0.3) is 0 Å². The van der Waals surface area contributed by atoms with Crippen LogP contribution in [0.3, 0.4) is 0 Å². The van der Waals surface area contributed by atoms with Crippen molar-refractivity contribution in [2.45, 2.75) is 19.1 Å². The molecule has 1 fully saturated rings. The molecule has 1 aliphatic heterocycles. The summed E-state index contributed by atoms with van der Waals surface area (Å²) in [6.45, 7) is 1.85. The molecule has 4 nitrogen and oxygen atoms in total. The van der Waals surface area contributed by atoms with Gasteiger partial charge in [-0.15, -0.1) is 0 Å². The lowest BCUT2D eigenvalue weighted by atomic mass is 10.0. The first-order valence-electron chi connectivity index (χ1n) is 4.85. The third kappa shape index (κ3) is 1.94. The van der Waals surface area contributed by atoms with Crippen LogP contribution in [0.25, 0.3) is 0 Å².